The van der Waals surface area contributed by atoms with Crippen LogP contribution in [0.4, 0.5) is 0 Å². The number of amides is 2. The number of carbonyl (C=O) groups is 2. The van der Waals surface area contributed by atoms with Crippen molar-refractivity contribution in [2.24, 2.45) is 17.1 Å². The van der Waals surface area contributed by atoms with Gasteiger partial charge in [0.15, 0.2) is 0 Å². The summed E-state index contributed by atoms with van der Waals surface area (Å²) in [4.78, 5) is 27.0. The van der Waals surface area contributed by atoms with E-state index in [1.54, 1.807) is 0 Å². The molecule has 0 unspecified atom stereocenters. The summed E-state index contributed by atoms with van der Waals surface area (Å²) in [5.41, 5.74) is 5.84. The molecule has 6 heteroatoms. The summed E-state index contributed by atoms with van der Waals surface area (Å²) in [5.74, 6) is -0.262. The van der Waals surface area contributed by atoms with Gasteiger partial charge in [0.05, 0.1) is 12.0 Å². The fourth-order valence-corrected chi connectivity index (χ4v) is 4.75. The Balaban J connectivity index is 1.58. The Hall–Kier alpha value is -1.82. The van der Waals surface area contributed by atoms with Crippen molar-refractivity contribution in [3.05, 3.63) is 24.0 Å². The highest BCUT2D eigenvalue weighted by Crippen LogP contribution is 2.42. The second kappa shape index (κ2) is 5.92. The van der Waals surface area contributed by atoms with Gasteiger partial charge in [-0.25, -0.2) is 0 Å². The monoisotopic (exact) mass is 331 g/mol. The number of carbonyl (C=O) groups excluding carboxylic acids is 2. The zero-order chi connectivity index (χ0) is 16.7. The van der Waals surface area contributed by atoms with Crippen molar-refractivity contribution in [3.8, 4) is 0 Å². The summed E-state index contributed by atoms with van der Waals surface area (Å²) in [5, 5.41) is 0. The fraction of sp³-hybridized carbons (Fsp3) is 0.667. The normalized spacial score (nSPS) is 30.5. The molecule has 2 amide bonds. The van der Waals surface area contributed by atoms with Crippen molar-refractivity contribution >= 4 is 11.8 Å². The van der Waals surface area contributed by atoms with Crippen LogP contribution in [-0.4, -0.2) is 47.6 Å². The summed E-state index contributed by atoms with van der Waals surface area (Å²) in [6.07, 6.45) is 7.35. The number of nitrogens with zero attached hydrogens (tertiary/aromatic N) is 2. The number of nitrogens with two attached hydrogens (primary N) is 1. The van der Waals surface area contributed by atoms with Gasteiger partial charge in [-0.1, -0.05) is 12.8 Å². The zero-order valence-electron chi connectivity index (χ0n) is 13.9. The molecule has 1 aromatic heterocycles. The number of ether oxygens (including phenoxy) is 1. The smallest absolute Gasteiger partial charge is 0.270 e. The Labute approximate surface area is 141 Å². The molecule has 3 fully saturated rings. The molecule has 0 spiro atoms. The number of hydrogen-bond donors (Lipinski definition) is 1. The number of rotatable bonds is 3. The van der Waals surface area contributed by atoms with Gasteiger partial charge < -0.3 is 19.9 Å². The maximum Gasteiger partial charge on any atom is 0.270 e. The van der Waals surface area contributed by atoms with Gasteiger partial charge in [0.1, 0.15) is 5.69 Å². The second-order valence-corrected chi connectivity index (χ2v) is 7.47. The van der Waals surface area contributed by atoms with E-state index in [-0.39, 0.29) is 17.7 Å². The molecule has 0 bridgehead atoms. The van der Waals surface area contributed by atoms with Gasteiger partial charge in [-0.2, -0.15) is 0 Å². The summed E-state index contributed by atoms with van der Waals surface area (Å²) in [6, 6.07) is 4.27. The number of hydrogen-bond acceptors (Lipinski definition) is 3. The third-order valence-corrected chi connectivity index (χ3v) is 6.20. The van der Waals surface area contributed by atoms with Crippen LogP contribution in [0, 0.1) is 11.3 Å². The summed E-state index contributed by atoms with van der Waals surface area (Å²) < 4.78 is 7.66. The van der Waals surface area contributed by atoms with Gasteiger partial charge in [-0.3, -0.25) is 9.59 Å². The van der Waals surface area contributed by atoms with E-state index in [9.17, 15) is 9.59 Å². The second-order valence-electron chi connectivity index (χ2n) is 7.47. The van der Waals surface area contributed by atoms with Gasteiger partial charge in [0.2, 0.25) is 5.91 Å². The standard InChI is InChI=1S/C18H25N3O3/c19-17(23)18-7-9-24-11-13(18)10-20(12-18)16(22)15-6-3-8-21(15)14-4-1-2-5-14/h3,6,8,13-14H,1-2,4-5,7,9-12H2,(H2,19,23)/t13-,18+/m1/s1. The fourth-order valence-electron chi connectivity index (χ4n) is 4.75. The molecule has 2 atom stereocenters. The third-order valence-electron chi connectivity index (χ3n) is 6.20. The van der Waals surface area contributed by atoms with Crippen molar-refractivity contribution in [1.82, 2.24) is 9.47 Å². The van der Waals surface area contributed by atoms with Crippen molar-refractivity contribution in [2.45, 2.75) is 38.1 Å². The van der Waals surface area contributed by atoms with Crippen molar-refractivity contribution in [2.75, 3.05) is 26.3 Å². The first-order valence-corrected chi connectivity index (χ1v) is 8.95. The lowest BCUT2D eigenvalue weighted by molar-refractivity contribution is -0.135. The van der Waals surface area contributed by atoms with Gasteiger partial charge in [0.25, 0.3) is 5.91 Å². The van der Waals surface area contributed by atoms with Crippen LogP contribution in [0.2, 0.25) is 0 Å². The van der Waals surface area contributed by atoms with Crippen LogP contribution >= 0.6 is 0 Å². The van der Waals surface area contributed by atoms with Gasteiger partial charge >= 0.3 is 0 Å². The van der Waals surface area contributed by atoms with Crippen LogP contribution in [0.5, 0.6) is 0 Å². The lowest BCUT2D eigenvalue weighted by Crippen LogP contribution is -2.48. The molecule has 4 rings (SSSR count). The van der Waals surface area contributed by atoms with Crippen LogP contribution in [0.15, 0.2) is 18.3 Å². The number of fused-ring (bicyclic) bond motifs is 1. The van der Waals surface area contributed by atoms with E-state index < -0.39 is 5.41 Å². The highest BCUT2D eigenvalue weighted by molar-refractivity contribution is 5.94. The first-order chi connectivity index (χ1) is 11.6. The van der Waals surface area contributed by atoms with Gasteiger partial charge in [-0.05, 0) is 31.4 Å². The molecule has 1 aliphatic carbocycles. The molecule has 2 aliphatic heterocycles. The Morgan fingerprint density at radius 1 is 1.29 bits per heavy atom. The van der Waals surface area contributed by atoms with E-state index in [0.29, 0.717) is 38.8 Å². The molecule has 24 heavy (non-hydrogen) atoms. The molecular formula is C18H25N3O3. The largest absolute Gasteiger partial charge is 0.381 e. The van der Waals surface area contributed by atoms with Crippen LogP contribution in [0.3, 0.4) is 0 Å². The van der Waals surface area contributed by atoms with E-state index in [1.807, 2.05) is 23.2 Å². The maximum absolute atomic E-state index is 13.1. The first-order valence-electron chi connectivity index (χ1n) is 8.95. The molecule has 1 saturated carbocycles. The van der Waals surface area contributed by atoms with Gasteiger partial charge in [0, 0.05) is 37.9 Å². The molecule has 3 aliphatic rings. The van der Waals surface area contributed by atoms with Crippen molar-refractivity contribution in [3.63, 3.8) is 0 Å². The molecule has 0 radical (unpaired) electrons. The topological polar surface area (TPSA) is 77.6 Å². The van der Waals surface area contributed by atoms with Crippen molar-refractivity contribution < 1.29 is 14.3 Å². The van der Waals surface area contributed by atoms with E-state index in [0.717, 1.165) is 18.5 Å². The van der Waals surface area contributed by atoms with E-state index in [1.165, 1.54) is 12.8 Å². The van der Waals surface area contributed by atoms with E-state index >= 15 is 0 Å². The highest BCUT2D eigenvalue weighted by atomic mass is 16.5. The van der Waals surface area contributed by atoms with Crippen LogP contribution in [0.25, 0.3) is 0 Å². The lowest BCUT2D eigenvalue weighted by Gasteiger charge is -2.35. The Morgan fingerprint density at radius 2 is 2.08 bits per heavy atom. The predicted molar refractivity (Wildman–Crippen MR) is 88.4 cm³/mol. The average Bonchev–Trinajstić information content (AvgIpc) is 3.30. The molecule has 2 saturated heterocycles. The van der Waals surface area contributed by atoms with E-state index in [4.69, 9.17) is 10.5 Å². The molecular weight excluding hydrogens is 306 g/mol. The first kappa shape index (κ1) is 15.7. The quantitative estimate of drug-likeness (QED) is 0.913. The SMILES string of the molecule is NC(=O)[C@]12CCOC[C@H]1CN(C(=O)c1cccn1C1CCCC1)C2. The Morgan fingerprint density at radius 3 is 2.79 bits per heavy atom. The number of aromatic nitrogens is 1. The van der Waals surface area contributed by atoms with Crippen molar-refractivity contribution in [1.29, 1.82) is 0 Å². The van der Waals surface area contributed by atoms with Crippen LogP contribution in [-0.2, 0) is 9.53 Å². The van der Waals surface area contributed by atoms with Crippen LogP contribution < -0.4 is 5.73 Å². The minimum Gasteiger partial charge on any atom is -0.381 e. The number of primary amides is 1. The molecule has 2 N–H and O–H groups in total. The minimum atomic E-state index is -0.612. The lowest BCUT2D eigenvalue weighted by atomic mass is 9.74. The van der Waals surface area contributed by atoms with Crippen LogP contribution in [0.1, 0.15) is 48.6 Å². The minimum absolute atomic E-state index is 0.0157. The average molecular weight is 331 g/mol. The highest BCUT2D eigenvalue weighted by Gasteiger charge is 2.53. The number of likely N-dealkylation sites (tertiary alicyclic amines) is 1. The summed E-state index contributed by atoms with van der Waals surface area (Å²) in [6.45, 7) is 2.03. The zero-order valence-corrected chi connectivity index (χ0v) is 13.9. The summed E-state index contributed by atoms with van der Waals surface area (Å²) >= 11 is 0. The molecule has 0 aromatic carbocycles. The third kappa shape index (κ3) is 2.35. The predicted octanol–water partition coefficient (Wildman–Crippen LogP) is 1.57. The van der Waals surface area contributed by atoms with Gasteiger partial charge in [-0.15, -0.1) is 0 Å². The molecule has 130 valence electrons. The maximum atomic E-state index is 13.1. The molecule has 6 nitrogen and oxygen atoms in total. The molecule has 1 aromatic rings. The Kier molecular flexibility index (Phi) is 3.87. The van der Waals surface area contributed by atoms with E-state index in [2.05, 4.69) is 4.57 Å². The molecule has 3 heterocycles. The summed E-state index contributed by atoms with van der Waals surface area (Å²) in [7, 11) is 0. The Bertz CT molecular complexity index is 650.